The average molecular weight is 323 g/mol. The number of H-pyrrole nitrogens is 1. The second kappa shape index (κ2) is 6.79. The standard InChI is InChI=1S/C20H21NO3/c1-3-24-20(23)11-17(15-7-5-4-6-13(15)2)18-12-21-19-10-14(22)8-9-16(18)19/h4-10,12,17,21-22H,3,11H2,1-2H3. The summed E-state index contributed by atoms with van der Waals surface area (Å²) in [7, 11) is 0. The van der Waals surface area contributed by atoms with Gasteiger partial charge in [0.1, 0.15) is 5.75 Å². The van der Waals surface area contributed by atoms with Crippen LogP contribution in [0.4, 0.5) is 0 Å². The molecule has 0 radical (unpaired) electrons. The zero-order chi connectivity index (χ0) is 17.1. The van der Waals surface area contributed by atoms with Crippen molar-refractivity contribution in [2.45, 2.75) is 26.2 Å². The van der Waals surface area contributed by atoms with Crippen LogP contribution in [0.2, 0.25) is 0 Å². The van der Waals surface area contributed by atoms with E-state index in [0.717, 1.165) is 27.6 Å². The first kappa shape index (κ1) is 16.1. The molecule has 1 heterocycles. The predicted molar refractivity (Wildman–Crippen MR) is 94.2 cm³/mol. The minimum Gasteiger partial charge on any atom is -0.508 e. The number of aromatic amines is 1. The number of benzene rings is 2. The van der Waals surface area contributed by atoms with Gasteiger partial charge in [-0.3, -0.25) is 4.79 Å². The number of carbonyl (C=O) groups excluding carboxylic acids is 1. The molecule has 0 bridgehead atoms. The van der Waals surface area contributed by atoms with E-state index in [2.05, 4.69) is 11.1 Å². The van der Waals surface area contributed by atoms with Gasteiger partial charge in [-0.15, -0.1) is 0 Å². The normalized spacial score (nSPS) is 12.2. The first-order valence-corrected chi connectivity index (χ1v) is 8.11. The molecule has 0 saturated heterocycles. The van der Waals surface area contributed by atoms with Crippen molar-refractivity contribution in [3.63, 3.8) is 0 Å². The van der Waals surface area contributed by atoms with E-state index >= 15 is 0 Å². The molecular weight excluding hydrogens is 302 g/mol. The second-order valence-electron chi connectivity index (χ2n) is 5.89. The van der Waals surface area contributed by atoms with E-state index in [0.29, 0.717) is 6.61 Å². The van der Waals surface area contributed by atoms with Crippen LogP contribution in [0.5, 0.6) is 5.75 Å². The average Bonchev–Trinajstić information content (AvgIpc) is 2.96. The zero-order valence-electron chi connectivity index (χ0n) is 13.9. The molecule has 0 fully saturated rings. The third-order valence-electron chi connectivity index (χ3n) is 4.31. The highest BCUT2D eigenvalue weighted by Gasteiger charge is 2.23. The summed E-state index contributed by atoms with van der Waals surface area (Å²) in [4.78, 5) is 15.3. The van der Waals surface area contributed by atoms with Gasteiger partial charge in [0.25, 0.3) is 0 Å². The van der Waals surface area contributed by atoms with Gasteiger partial charge in [0.2, 0.25) is 0 Å². The maximum Gasteiger partial charge on any atom is 0.306 e. The van der Waals surface area contributed by atoms with Crippen LogP contribution >= 0.6 is 0 Å². The Balaban J connectivity index is 2.09. The van der Waals surface area contributed by atoms with E-state index in [4.69, 9.17) is 4.74 Å². The highest BCUT2D eigenvalue weighted by molar-refractivity contribution is 5.86. The molecule has 24 heavy (non-hydrogen) atoms. The van der Waals surface area contributed by atoms with E-state index in [-0.39, 0.29) is 24.1 Å². The molecule has 3 aromatic rings. The largest absolute Gasteiger partial charge is 0.508 e. The number of carbonyl (C=O) groups is 1. The Labute approximate surface area is 141 Å². The van der Waals surface area contributed by atoms with Gasteiger partial charge in [-0.2, -0.15) is 0 Å². The molecule has 1 aromatic heterocycles. The Morgan fingerprint density at radius 3 is 2.75 bits per heavy atom. The smallest absolute Gasteiger partial charge is 0.306 e. The third-order valence-corrected chi connectivity index (χ3v) is 4.31. The van der Waals surface area contributed by atoms with Crippen LogP contribution in [-0.4, -0.2) is 22.7 Å². The fourth-order valence-corrected chi connectivity index (χ4v) is 3.18. The van der Waals surface area contributed by atoms with Crippen molar-refractivity contribution in [1.82, 2.24) is 4.98 Å². The van der Waals surface area contributed by atoms with Crippen LogP contribution in [0.1, 0.15) is 36.0 Å². The molecular formula is C20H21NO3. The maximum absolute atomic E-state index is 12.2. The molecule has 124 valence electrons. The quantitative estimate of drug-likeness (QED) is 0.689. The van der Waals surface area contributed by atoms with Gasteiger partial charge in [0, 0.05) is 29.1 Å². The predicted octanol–water partition coefficient (Wildman–Crippen LogP) is 4.27. The Morgan fingerprint density at radius 1 is 1.21 bits per heavy atom. The van der Waals surface area contributed by atoms with Gasteiger partial charge >= 0.3 is 5.97 Å². The van der Waals surface area contributed by atoms with E-state index in [1.807, 2.05) is 44.3 Å². The molecule has 0 aliphatic rings. The molecule has 2 aromatic carbocycles. The summed E-state index contributed by atoms with van der Waals surface area (Å²) >= 11 is 0. The zero-order valence-corrected chi connectivity index (χ0v) is 13.9. The number of phenolic OH excluding ortho intramolecular Hbond substituents is 1. The Bertz CT molecular complexity index is 866. The molecule has 3 rings (SSSR count). The Morgan fingerprint density at radius 2 is 2.00 bits per heavy atom. The second-order valence-corrected chi connectivity index (χ2v) is 5.89. The molecule has 4 heteroatoms. The molecule has 0 saturated carbocycles. The van der Waals surface area contributed by atoms with Gasteiger partial charge in [0.15, 0.2) is 0 Å². The van der Waals surface area contributed by atoms with Gasteiger partial charge in [-0.05, 0) is 42.7 Å². The number of aromatic hydroxyl groups is 1. The molecule has 4 nitrogen and oxygen atoms in total. The molecule has 1 atom stereocenters. The highest BCUT2D eigenvalue weighted by Crippen LogP contribution is 2.36. The molecule has 2 N–H and O–H groups in total. The van der Waals surface area contributed by atoms with Crippen molar-refractivity contribution in [3.8, 4) is 5.75 Å². The van der Waals surface area contributed by atoms with Crippen LogP contribution in [0.3, 0.4) is 0 Å². The number of fused-ring (bicyclic) bond motifs is 1. The van der Waals surface area contributed by atoms with Gasteiger partial charge in [-0.25, -0.2) is 0 Å². The fourth-order valence-electron chi connectivity index (χ4n) is 3.18. The molecule has 0 spiro atoms. The van der Waals surface area contributed by atoms with E-state index in [1.165, 1.54) is 0 Å². The van der Waals surface area contributed by atoms with Crippen molar-refractivity contribution < 1.29 is 14.6 Å². The summed E-state index contributed by atoms with van der Waals surface area (Å²) in [6.45, 7) is 4.24. The highest BCUT2D eigenvalue weighted by atomic mass is 16.5. The molecule has 0 aliphatic carbocycles. The number of hydrogen-bond donors (Lipinski definition) is 2. The minimum absolute atomic E-state index is 0.0939. The lowest BCUT2D eigenvalue weighted by atomic mass is 9.86. The minimum atomic E-state index is -0.209. The van der Waals surface area contributed by atoms with Crippen molar-refractivity contribution in [2.24, 2.45) is 0 Å². The maximum atomic E-state index is 12.2. The lowest BCUT2D eigenvalue weighted by Crippen LogP contribution is -2.12. The first-order valence-electron chi connectivity index (χ1n) is 8.11. The number of rotatable bonds is 5. The number of nitrogens with one attached hydrogen (secondary N) is 1. The number of ether oxygens (including phenoxy) is 1. The van der Waals surface area contributed by atoms with Crippen molar-refractivity contribution in [1.29, 1.82) is 0 Å². The van der Waals surface area contributed by atoms with Crippen LogP contribution in [0.25, 0.3) is 10.9 Å². The number of aromatic nitrogens is 1. The SMILES string of the molecule is CCOC(=O)CC(c1ccccc1C)c1c[nH]c2cc(O)ccc12. The van der Waals surface area contributed by atoms with E-state index in [1.54, 1.807) is 12.1 Å². The number of phenols is 1. The van der Waals surface area contributed by atoms with Crippen LogP contribution in [-0.2, 0) is 9.53 Å². The third kappa shape index (κ3) is 3.13. The van der Waals surface area contributed by atoms with Crippen LogP contribution in [0.15, 0.2) is 48.7 Å². The lowest BCUT2D eigenvalue weighted by Gasteiger charge is -2.18. The molecule has 0 amide bonds. The van der Waals surface area contributed by atoms with Gasteiger partial charge in [0.05, 0.1) is 13.0 Å². The van der Waals surface area contributed by atoms with Gasteiger partial charge < -0.3 is 14.8 Å². The van der Waals surface area contributed by atoms with Crippen molar-refractivity contribution in [3.05, 3.63) is 65.4 Å². The van der Waals surface area contributed by atoms with Crippen molar-refractivity contribution >= 4 is 16.9 Å². The number of esters is 1. The summed E-state index contributed by atoms with van der Waals surface area (Å²) in [5, 5.41) is 10.7. The van der Waals surface area contributed by atoms with Gasteiger partial charge in [-0.1, -0.05) is 24.3 Å². The van der Waals surface area contributed by atoms with Crippen molar-refractivity contribution in [2.75, 3.05) is 6.61 Å². The lowest BCUT2D eigenvalue weighted by molar-refractivity contribution is -0.143. The number of hydrogen-bond acceptors (Lipinski definition) is 3. The summed E-state index contributed by atoms with van der Waals surface area (Å²) < 4.78 is 5.17. The Hall–Kier alpha value is -2.75. The molecule has 0 aliphatic heterocycles. The fraction of sp³-hybridized carbons (Fsp3) is 0.250. The molecule has 1 unspecified atom stereocenters. The summed E-state index contributed by atoms with van der Waals surface area (Å²) in [6.07, 6.45) is 2.20. The summed E-state index contributed by atoms with van der Waals surface area (Å²) in [5.41, 5.74) is 4.14. The Kier molecular flexibility index (Phi) is 4.56. The van der Waals surface area contributed by atoms with E-state index < -0.39 is 0 Å². The topological polar surface area (TPSA) is 62.3 Å². The number of aryl methyl sites for hydroxylation is 1. The summed E-state index contributed by atoms with van der Waals surface area (Å²) in [5.74, 6) is -0.0869. The van der Waals surface area contributed by atoms with Crippen LogP contribution in [0, 0.1) is 6.92 Å². The summed E-state index contributed by atoms with van der Waals surface area (Å²) in [6, 6.07) is 13.3. The first-order chi connectivity index (χ1) is 11.6. The van der Waals surface area contributed by atoms with E-state index in [9.17, 15) is 9.90 Å². The monoisotopic (exact) mass is 323 g/mol. The van der Waals surface area contributed by atoms with Crippen LogP contribution < -0.4 is 0 Å².